The number of non-ortho nitro benzene ring substituents is 1. The SMILES string of the molecule is CCCSSc1ccccn1.COc1cc([C@@H]2c3cc4c(cc3[C@@H](OC3OC5COC(C)OC5C(O)C3O)[C@H]3COC(=O)[C@H]23)OCO4)cc(CO)c1OC(=O)Cc1ccc([N+](=O)[O-])cc1.COc1cc([C@@H]2c3cc4c(cc3[C@@H](OC3OC5COC(C)OC5C(O)C3O)[C@H]3COC(=O)[C@H]23)OCO4)cc(CO)c1OC(O)CCCSSc1ccccn1. The van der Waals surface area contributed by atoms with Gasteiger partial charge in [-0.25, -0.2) is 9.97 Å². The second kappa shape index (κ2) is 39.0. The van der Waals surface area contributed by atoms with E-state index in [1.165, 1.54) is 50.7 Å². The third kappa shape index (κ3) is 18.7. The number of nitro benzene ring substituents is 1. The number of methoxy groups -OCH3 is 2. The number of aliphatic hydroxyl groups is 7. The normalized spacial score (nSPS) is 29.1. The zero-order valence-corrected chi connectivity index (χ0v) is 68.8. The quantitative estimate of drug-likeness (QED) is 0.00506. The summed E-state index contributed by atoms with van der Waals surface area (Å²) in [4.78, 5) is 59.5. The Morgan fingerprint density at radius 2 is 1.05 bits per heavy atom. The molecule has 0 spiro atoms. The average Bonchev–Trinajstić information content (AvgIpc) is 1.57. The fourth-order valence-corrected chi connectivity index (χ4v) is 20.4. The molecule has 2 aliphatic carbocycles. The number of aliphatic hydroxyl groups excluding tert-OH is 7. The Morgan fingerprint density at radius 1 is 0.583 bits per heavy atom. The van der Waals surface area contributed by atoms with E-state index in [2.05, 4.69) is 16.9 Å². The second-order valence-electron chi connectivity index (χ2n) is 29.6. The van der Waals surface area contributed by atoms with Crippen molar-refractivity contribution in [1.29, 1.82) is 0 Å². The first-order valence-electron chi connectivity index (χ1n) is 39.1. The van der Waals surface area contributed by atoms with Gasteiger partial charge in [0.15, 0.2) is 77.4 Å². The molecule has 13 unspecified atom stereocenters. The molecule has 5 aromatic carbocycles. The van der Waals surface area contributed by atoms with E-state index in [4.69, 9.17) is 85.3 Å². The highest BCUT2D eigenvalue weighted by atomic mass is 33.1. The third-order valence-electron chi connectivity index (χ3n) is 22.1. The molecule has 33 nitrogen and oxygen atoms in total. The highest BCUT2D eigenvalue weighted by molar-refractivity contribution is 8.77. The Balaban J connectivity index is 0.000000166. The van der Waals surface area contributed by atoms with E-state index in [0.29, 0.717) is 80.3 Å². The molecular formula is C83H91N3O30S4. The smallest absolute Gasteiger partial charge is 0.315 e. The monoisotopic (exact) mass is 1740 g/mol. The number of aromatic nitrogens is 2. The molecule has 17 rings (SSSR count). The number of esters is 3. The van der Waals surface area contributed by atoms with Crippen LogP contribution < -0.4 is 37.9 Å². The molecule has 8 aliphatic heterocycles. The Morgan fingerprint density at radius 3 is 1.50 bits per heavy atom. The molecule has 37 heteroatoms. The Hall–Kier alpha value is -8.39. The minimum absolute atomic E-state index is 0.0000539. The van der Waals surface area contributed by atoms with Gasteiger partial charge in [-0.3, -0.25) is 24.5 Å². The summed E-state index contributed by atoms with van der Waals surface area (Å²) in [6.07, 6.45) is -9.89. The third-order valence-corrected chi connectivity index (χ3v) is 26.9. The van der Waals surface area contributed by atoms with Crippen LogP contribution in [0.5, 0.6) is 46.0 Å². The van der Waals surface area contributed by atoms with Gasteiger partial charge in [-0.05, 0) is 160 Å². The maximum Gasteiger partial charge on any atom is 0.315 e. The largest absolute Gasteiger partial charge is 0.493 e. The second-order valence-corrected chi connectivity index (χ2v) is 34.5. The zero-order valence-electron chi connectivity index (χ0n) is 65.6. The number of nitrogens with zero attached hydrogens (tertiary/aromatic N) is 3. The lowest BCUT2D eigenvalue weighted by molar-refractivity contribution is -0.384. The summed E-state index contributed by atoms with van der Waals surface area (Å²) in [5.74, 6) is -1.58. The van der Waals surface area contributed by atoms with Gasteiger partial charge in [0.2, 0.25) is 13.6 Å². The van der Waals surface area contributed by atoms with Crippen LogP contribution in [-0.4, -0.2) is 215 Å². The molecule has 10 heterocycles. The maximum atomic E-state index is 13.7. The lowest BCUT2D eigenvalue weighted by atomic mass is 9.66. The number of carbonyl (C=O) groups is 3. The van der Waals surface area contributed by atoms with E-state index >= 15 is 0 Å². The average molecular weight is 1740 g/mol. The van der Waals surface area contributed by atoms with Crippen LogP contribution in [0.25, 0.3) is 0 Å². The number of carbonyl (C=O) groups excluding carboxylic acids is 3. The standard InChI is InChI=1S/C38H43NO14S2.C37H37NO16.C8H11NS2/c1-18-46-16-27-36(50-18)32(42)33(43)38(51-27)53-35-22-13-25-24(48-17-49-25)12-21(22)30(31-23(35)15-47-37(31)44)19-10-20(14-40)34(26(11-19)45-2)52-29(41)7-5-9-54-55-28-6-3-4-8-39-28;1-16-47-14-27-35(51-16)31(41)32(42)37(52-27)54-34-22-11-25-24(49-15-50-25)10-21(22)29(30-23(34)13-48-36(30)43)18-8-19(12-39)33(26(9-18)46-2)53-28(40)7-17-3-5-20(6-4-17)38(44)45;1-2-7-10-11-8-5-3-4-6-9-8/h3-4,6,8,10-13,18,23,27,29-33,35-36,38,40-43H,5,7,9,14-17H2,1-2H3;3-6,8-11,16,23,27,29-32,34-35,37,39,41-42H,7,12-15H2,1-2H3;3-6H,2,7H2,1H3/t18?,23-,27?,29?,30+,31-,32?,33?,35+,36?,38?;16?,23-,27?,29+,30-,31?,32?,34+,35?,37?;/m00./s1. The van der Waals surface area contributed by atoms with Gasteiger partial charge in [0.1, 0.15) is 58.9 Å². The number of rotatable bonds is 26. The van der Waals surface area contributed by atoms with Crippen molar-refractivity contribution in [2.24, 2.45) is 23.7 Å². The highest BCUT2D eigenvalue weighted by Crippen LogP contribution is 2.60. The van der Waals surface area contributed by atoms with Crippen molar-refractivity contribution in [2.75, 3.05) is 65.7 Å². The number of ether oxygens (including phenoxy) is 18. The number of cyclic esters (lactones) is 2. The van der Waals surface area contributed by atoms with Crippen LogP contribution >= 0.6 is 43.2 Å². The van der Waals surface area contributed by atoms with Crippen molar-refractivity contribution >= 4 is 66.8 Å². The van der Waals surface area contributed by atoms with E-state index in [1.807, 2.05) is 53.4 Å². The van der Waals surface area contributed by atoms with Crippen molar-refractivity contribution in [3.8, 4) is 46.0 Å². The first-order valence-corrected chi connectivity index (χ1v) is 43.8. The van der Waals surface area contributed by atoms with Gasteiger partial charge in [-0.1, -0.05) is 52.8 Å². The number of hydrogen-bond donors (Lipinski definition) is 7. The number of pyridine rings is 2. The van der Waals surface area contributed by atoms with Crippen LogP contribution in [0.1, 0.15) is 114 Å². The summed E-state index contributed by atoms with van der Waals surface area (Å²) in [5.41, 5.74) is 4.54. The van der Waals surface area contributed by atoms with Crippen molar-refractivity contribution in [3.63, 3.8) is 0 Å². The molecule has 10 aliphatic rings. The predicted octanol–water partition coefficient (Wildman–Crippen LogP) is 8.83. The molecule has 7 N–H and O–H groups in total. The minimum atomic E-state index is -1.50. The topological polar surface area (TPSA) is 428 Å². The molecule has 2 aromatic heterocycles. The molecular weight excluding hydrogens is 1650 g/mol. The van der Waals surface area contributed by atoms with Crippen molar-refractivity contribution in [1.82, 2.24) is 9.97 Å². The summed E-state index contributed by atoms with van der Waals surface area (Å²) in [5, 5.41) is 89.5. The molecule has 6 saturated heterocycles. The van der Waals surface area contributed by atoms with Crippen LogP contribution in [-0.2, 0) is 81.4 Å². The molecule has 120 heavy (non-hydrogen) atoms. The van der Waals surface area contributed by atoms with E-state index in [0.717, 1.165) is 15.8 Å². The van der Waals surface area contributed by atoms with Gasteiger partial charge in [-0.2, -0.15) is 0 Å². The van der Waals surface area contributed by atoms with E-state index in [-0.39, 0.29) is 80.7 Å². The first-order chi connectivity index (χ1) is 58.2. The van der Waals surface area contributed by atoms with Crippen molar-refractivity contribution in [3.05, 3.63) is 182 Å². The summed E-state index contributed by atoms with van der Waals surface area (Å²) in [6, 6.07) is 31.0. The van der Waals surface area contributed by atoms with Crippen LogP contribution in [0.2, 0.25) is 0 Å². The summed E-state index contributed by atoms with van der Waals surface area (Å²) < 4.78 is 105. The zero-order chi connectivity index (χ0) is 84.0. The molecule has 0 bridgehead atoms. The number of benzene rings is 5. The van der Waals surface area contributed by atoms with Crippen molar-refractivity contribution < 1.29 is 140 Å². The summed E-state index contributed by atoms with van der Waals surface area (Å²) in [6.45, 7) is 4.71. The van der Waals surface area contributed by atoms with Gasteiger partial charge in [0, 0.05) is 77.3 Å². The van der Waals surface area contributed by atoms with E-state index in [1.54, 1.807) is 101 Å². The van der Waals surface area contributed by atoms with Gasteiger partial charge in [0.05, 0.1) is 89.2 Å². The van der Waals surface area contributed by atoms with Crippen LogP contribution in [0.4, 0.5) is 5.69 Å². The Labute approximate surface area is 704 Å². The van der Waals surface area contributed by atoms with Gasteiger partial charge >= 0.3 is 17.9 Å². The van der Waals surface area contributed by atoms with Crippen LogP contribution in [0.15, 0.2) is 132 Å². The van der Waals surface area contributed by atoms with Crippen LogP contribution in [0, 0.1) is 33.8 Å². The summed E-state index contributed by atoms with van der Waals surface area (Å²) in [7, 11) is 9.64. The lowest BCUT2D eigenvalue weighted by Crippen LogP contribution is -2.63. The van der Waals surface area contributed by atoms with Gasteiger partial charge in [-0.15, -0.1) is 0 Å². The molecule has 642 valence electrons. The first kappa shape index (κ1) is 86.5. The maximum absolute atomic E-state index is 13.7. The molecule has 0 amide bonds. The van der Waals surface area contributed by atoms with Gasteiger partial charge in [0.25, 0.3) is 5.69 Å². The highest BCUT2D eigenvalue weighted by Gasteiger charge is 2.59. The molecule has 7 aromatic rings. The van der Waals surface area contributed by atoms with Crippen LogP contribution in [0.3, 0.4) is 0 Å². The fourth-order valence-electron chi connectivity index (χ4n) is 16.4. The molecule has 21 atom stereocenters. The van der Waals surface area contributed by atoms with Crippen molar-refractivity contribution in [2.45, 2.75) is 174 Å². The minimum Gasteiger partial charge on any atom is -0.493 e. The molecule has 6 fully saturated rings. The molecule has 0 radical (unpaired) electrons. The van der Waals surface area contributed by atoms with E-state index in [9.17, 15) is 60.2 Å². The Kier molecular flexibility index (Phi) is 28.1. The van der Waals surface area contributed by atoms with Gasteiger partial charge < -0.3 is 121 Å². The molecule has 0 saturated carbocycles. The number of hydrogen-bond acceptors (Lipinski definition) is 36. The number of nitro groups is 1. The Bertz CT molecular complexity index is 4710. The lowest BCUT2D eigenvalue weighted by Gasteiger charge is -2.47. The van der Waals surface area contributed by atoms with E-state index < -0.39 is 164 Å². The fraction of sp³-hybridized carbons (Fsp3) is 0.482. The predicted molar refractivity (Wildman–Crippen MR) is 426 cm³/mol. The number of fused-ring (bicyclic) bond motifs is 8. The summed E-state index contributed by atoms with van der Waals surface area (Å²) >= 11 is 0.